The Labute approximate surface area is 111 Å². The molecule has 1 aromatic carbocycles. The van der Waals surface area contributed by atoms with Crippen LogP contribution in [0.15, 0.2) is 33.6 Å². The van der Waals surface area contributed by atoms with Gasteiger partial charge in [0, 0.05) is 17.4 Å². The van der Waals surface area contributed by atoms with E-state index in [0.717, 1.165) is 0 Å². The van der Waals surface area contributed by atoms with E-state index in [1.54, 1.807) is 0 Å². The van der Waals surface area contributed by atoms with E-state index in [4.69, 9.17) is 0 Å². The van der Waals surface area contributed by atoms with Gasteiger partial charge in [-0.05, 0) is 34.1 Å². The average Bonchev–Trinajstić information content (AvgIpc) is 2.81. The molecule has 0 spiro atoms. The fraction of sp³-hybridized carbons (Fsp3) is 0.182. The van der Waals surface area contributed by atoms with Crippen molar-refractivity contribution in [3.8, 4) is 0 Å². The van der Waals surface area contributed by atoms with Crippen molar-refractivity contribution in [3.63, 3.8) is 0 Å². The largest absolute Gasteiger partial charge is 0.352 e. The van der Waals surface area contributed by atoms with Crippen LogP contribution in [0.5, 0.6) is 0 Å². The van der Waals surface area contributed by atoms with Gasteiger partial charge in [-0.15, -0.1) is 0 Å². The van der Waals surface area contributed by atoms with Gasteiger partial charge in [0.2, 0.25) is 6.39 Å². The minimum absolute atomic E-state index is 0.287. The van der Waals surface area contributed by atoms with Crippen LogP contribution in [-0.4, -0.2) is 22.6 Å². The summed E-state index contributed by atoms with van der Waals surface area (Å²) in [4.78, 5) is 15.6. The highest BCUT2D eigenvalue weighted by Crippen LogP contribution is 2.17. The second-order valence-electron chi connectivity index (χ2n) is 3.48. The number of halogens is 2. The molecule has 2 aromatic rings. The van der Waals surface area contributed by atoms with E-state index < -0.39 is 5.82 Å². The Hall–Kier alpha value is -1.76. The maximum absolute atomic E-state index is 12.9. The summed E-state index contributed by atoms with van der Waals surface area (Å²) in [7, 11) is 0. The lowest BCUT2D eigenvalue weighted by Crippen LogP contribution is -2.26. The lowest BCUT2D eigenvalue weighted by Gasteiger charge is -2.05. The van der Waals surface area contributed by atoms with Crippen molar-refractivity contribution in [2.45, 2.75) is 6.42 Å². The van der Waals surface area contributed by atoms with Crippen LogP contribution in [0.3, 0.4) is 0 Å². The molecule has 1 N–H and O–H groups in total. The molecule has 1 amide bonds. The molecule has 1 aromatic heterocycles. The fourth-order valence-electron chi connectivity index (χ4n) is 1.36. The average molecular weight is 314 g/mol. The van der Waals surface area contributed by atoms with Gasteiger partial charge < -0.3 is 9.84 Å². The van der Waals surface area contributed by atoms with Crippen molar-refractivity contribution in [3.05, 3.63) is 46.3 Å². The van der Waals surface area contributed by atoms with Gasteiger partial charge in [0.1, 0.15) is 5.82 Å². The molecular formula is C11H9BrFN3O2. The summed E-state index contributed by atoms with van der Waals surface area (Å²) < 4.78 is 17.8. The van der Waals surface area contributed by atoms with Crippen molar-refractivity contribution < 1.29 is 13.7 Å². The minimum Gasteiger partial charge on any atom is -0.352 e. The zero-order chi connectivity index (χ0) is 13.0. The summed E-state index contributed by atoms with van der Waals surface area (Å²) in [6.07, 6.45) is 1.70. The summed E-state index contributed by atoms with van der Waals surface area (Å²) in [5.41, 5.74) is 0.379. The first-order valence-corrected chi connectivity index (χ1v) is 5.94. The second-order valence-corrected chi connectivity index (χ2v) is 4.33. The SMILES string of the molecule is O=C(NCCc1ncon1)c1ccc(F)cc1Br. The molecular weight excluding hydrogens is 305 g/mol. The lowest BCUT2D eigenvalue weighted by atomic mass is 10.2. The molecule has 7 heteroatoms. The molecule has 0 aliphatic heterocycles. The smallest absolute Gasteiger partial charge is 0.252 e. The van der Waals surface area contributed by atoms with Gasteiger partial charge in [0.15, 0.2) is 5.82 Å². The number of carbonyl (C=O) groups excluding carboxylic acids is 1. The molecule has 18 heavy (non-hydrogen) atoms. The zero-order valence-electron chi connectivity index (χ0n) is 9.19. The standard InChI is InChI=1S/C11H9BrFN3O2/c12-9-5-7(13)1-2-8(9)11(17)14-4-3-10-15-6-18-16-10/h1-2,5-6H,3-4H2,(H,14,17). The quantitative estimate of drug-likeness (QED) is 0.936. The first-order chi connectivity index (χ1) is 8.66. The Morgan fingerprint density at radius 3 is 3.00 bits per heavy atom. The van der Waals surface area contributed by atoms with Crippen LogP contribution in [0.1, 0.15) is 16.2 Å². The molecule has 0 fully saturated rings. The molecule has 2 rings (SSSR count). The molecule has 0 unspecified atom stereocenters. The van der Waals surface area contributed by atoms with Crippen LogP contribution >= 0.6 is 15.9 Å². The third kappa shape index (κ3) is 3.13. The van der Waals surface area contributed by atoms with Gasteiger partial charge >= 0.3 is 0 Å². The highest BCUT2D eigenvalue weighted by molar-refractivity contribution is 9.10. The number of rotatable bonds is 4. The van der Waals surface area contributed by atoms with Gasteiger partial charge in [-0.3, -0.25) is 4.79 Å². The Morgan fingerprint density at radius 1 is 1.50 bits per heavy atom. The first-order valence-electron chi connectivity index (χ1n) is 5.15. The second kappa shape index (κ2) is 5.72. The molecule has 0 saturated carbocycles. The van der Waals surface area contributed by atoms with Crippen molar-refractivity contribution in [2.24, 2.45) is 0 Å². The van der Waals surface area contributed by atoms with Crippen LogP contribution in [0.4, 0.5) is 4.39 Å². The Balaban J connectivity index is 1.91. The van der Waals surface area contributed by atoms with E-state index in [1.165, 1.54) is 24.6 Å². The molecule has 0 saturated heterocycles. The number of nitrogens with one attached hydrogen (secondary N) is 1. The maximum Gasteiger partial charge on any atom is 0.252 e. The van der Waals surface area contributed by atoms with Crippen LogP contribution in [-0.2, 0) is 6.42 Å². The number of carbonyl (C=O) groups is 1. The van der Waals surface area contributed by atoms with Crippen LogP contribution in [0.25, 0.3) is 0 Å². The predicted molar refractivity (Wildman–Crippen MR) is 64.4 cm³/mol. The molecule has 0 aliphatic rings. The van der Waals surface area contributed by atoms with E-state index >= 15 is 0 Å². The summed E-state index contributed by atoms with van der Waals surface area (Å²) in [5.74, 6) is -0.163. The van der Waals surface area contributed by atoms with Gasteiger partial charge in [-0.25, -0.2) is 4.39 Å². The normalized spacial score (nSPS) is 10.3. The predicted octanol–water partition coefficient (Wildman–Crippen LogP) is 1.94. The highest BCUT2D eigenvalue weighted by atomic mass is 79.9. The van der Waals surface area contributed by atoms with E-state index in [0.29, 0.717) is 28.8 Å². The maximum atomic E-state index is 12.9. The van der Waals surface area contributed by atoms with Crippen molar-refractivity contribution >= 4 is 21.8 Å². The van der Waals surface area contributed by atoms with Crippen molar-refractivity contribution in [1.29, 1.82) is 0 Å². The van der Waals surface area contributed by atoms with Gasteiger partial charge in [-0.2, -0.15) is 4.98 Å². The molecule has 0 atom stereocenters. The number of hydrogen-bond donors (Lipinski definition) is 1. The van der Waals surface area contributed by atoms with E-state index in [1.807, 2.05) is 0 Å². The fourth-order valence-corrected chi connectivity index (χ4v) is 1.89. The number of amides is 1. The zero-order valence-corrected chi connectivity index (χ0v) is 10.8. The van der Waals surface area contributed by atoms with Crippen molar-refractivity contribution in [2.75, 3.05) is 6.54 Å². The Bertz CT molecular complexity index is 545. The van der Waals surface area contributed by atoms with Crippen LogP contribution in [0, 0.1) is 5.82 Å². The van der Waals surface area contributed by atoms with Gasteiger partial charge in [-0.1, -0.05) is 5.16 Å². The van der Waals surface area contributed by atoms with E-state index in [2.05, 4.69) is 35.9 Å². The van der Waals surface area contributed by atoms with Crippen LogP contribution < -0.4 is 5.32 Å². The molecule has 94 valence electrons. The third-order valence-corrected chi connectivity index (χ3v) is 2.87. The lowest BCUT2D eigenvalue weighted by molar-refractivity contribution is 0.0953. The Morgan fingerprint density at radius 2 is 2.33 bits per heavy atom. The van der Waals surface area contributed by atoms with E-state index in [-0.39, 0.29) is 5.91 Å². The summed E-state index contributed by atoms with van der Waals surface area (Å²) >= 11 is 3.14. The first kappa shape index (κ1) is 12.7. The molecule has 0 radical (unpaired) electrons. The highest BCUT2D eigenvalue weighted by Gasteiger charge is 2.10. The summed E-state index contributed by atoms with van der Waals surface area (Å²) in [5, 5.41) is 6.30. The topological polar surface area (TPSA) is 68.0 Å². The molecule has 5 nitrogen and oxygen atoms in total. The minimum atomic E-state index is -0.398. The van der Waals surface area contributed by atoms with Gasteiger partial charge in [0.25, 0.3) is 5.91 Å². The molecule has 0 bridgehead atoms. The summed E-state index contributed by atoms with van der Waals surface area (Å²) in [6, 6.07) is 3.90. The monoisotopic (exact) mass is 313 g/mol. The van der Waals surface area contributed by atoms with Gasteiger partial charge in [0.05, 0.1) is 5.56 Å². The van der Waals surface area contributed by atoms with Crippen molar-refractivity contribution in [1.82, 2.24) is 15.5 Å². The Kier molecular flexibility index (Phi) is 4.03. The van der Waals surface area contributed by atoms with E-state index in [9.17, 15) is 9.18 Å². The summed E-state index contributed by atoms with van der Waals surface area (Å²) in [6.45, 7) is 0.377. The molecule has 0 aliphatic carbocycles. The number of benzene rings is 1. The number of aromatic nitrogens is 2. The third-order valence-electron chi connectivity index (χ3n) is 2.22. The van der Waals surface area contributed by atoms with Crippen LogP contribution in [0.2, 0.25) is 0 Å². The number of nitrogens with zero attached hydrogens (tertiary/aromatic N) is 2. The number of hydrogen-bond acceptors (Lipinski definition) is 4. The molecule has 1 heterocycles.